The molecule has 0 atom stereocenters. The zero-order valence-electron chi connectivity index (χ0n) is 23.0. The first-order valence-corrected chi connectivity index (χ1v) is 14.4. The number of carbonyl (C=O) groups is 1. The van der Waals surface area contributed by atoms with Crippen LogP contribution in [-0.4, -0.2) is 50.3 Å². The number of ether oxygens (including phenoxy) is 2. The molecule has 0 saturated carbocycles. The Labute approximate surface area is 215 Å². The Bertz CT molecular complexity index is 719. The molecule has 1 saturated heterocycles. The SMILES string of the molecule is CCCCCCCCCCCCOC(=O)C[N+]1(C/C=C(/C)Cc2ccc(OC)cc2)CCCCC1. The van der Waals surface area contributed by atoms with Crippen molar-refractivity contribution >= 4 is 5.97 Å². The minimum absolute atomic E-state index is 0.0102. The van der Waals surface area contributed by atoms with Gasteiger partial charge >= 0.3 is 5.97 Å². The Balaban J connectivity index is 1.68. The molecule has 0 aromatic heterocycles. The Kier molecular flexibility index (Phi) is 14.8. The summed E-state index contributed by atoms with van der Waals surface area (Å²) in [5, 5.41) is 0. The molecule has 1 aliphatic rings. The number of piperidine rings is 1. The highest BCUT2D eigenvalue weighted by molar-refractivity contribution is 5.70. The number of nitrogens with zero attached hydrogens (tertiary/aromatic N) is 1. The fraction of sp³-hybridized carbons (Fsp3) is 0.710. The summed E-state index contributed by atoms with van der Waals surface area (Å²) in [5.41, 5.74) is 2.65. The van der Waals surface area contributed by atoms with Crippen LogP contribution in [0.2, 0.25) is 0 Å². The molecule has 0 bridgehead atoms. The minimum Gasteiger partial charge on any atom is -0.497 e. The van der Waals surface area contributed by atoms with Crippen molar-refractivity contribution in [3.8, 4) is 5.75 Å². The molecule has 1 aromatic carbocycles. The van der Waals surface area contributed by atoms with E-state index in [0.717, 1.165) is 42.7 Å². The Morgan fingerprint density at radius 1 is 0.886 bits per heavy atom. The van der Waals surface area contributed by atoms with Crippen molar-refractivity contribution in [2.45, 2.75) is 104 Å². The number of hydrogen-bond donors (Lipinski definition) is 0. The Morgan fingerprint density at radius 2 is 1.49 bits per heavy atom. The third-order valence-electron chi connectivity index (χ3n) is 7.46. The number of benzene rings is 1. The number of likely N-dealkylation sites (tertiary alicyclic amines) is 1. The maximum absolute atomic E-state index is 12.7. The highest BCUT2D eigenvalue weighted by Crippen LogP contribution is 2.21. The van der Waals surface area contributed by atoms with Crippen molar-refractivity contribution in [3.63, 3.8) is 0 Å². The number of allylic oxidation sites excluding steroid dienone is 1. The zero-order valence-corrected chi connectivity index (χ0v) is 23.0. The summed E-state index contributed by atoms with van der Waals surface area (Å²) in [5.74, 6) is 0.883. The fourth-order valence-corrected chi connectivity index (χ4v) is 5.17. The molecule has 0 unspecified atom stereocenters. The van der Waals surface area contributed by atoms with Crippen molar-refractivity contribution in [1.29, 1.82) is 0 Å². The van der Waals surface area contributed by atoms with Crippen LogP contribution < -0.4 is 4.74 Å². The van der Waals surface area contributed by atoms with Crippen molar-refractivity contribution in [1.82, 2.24) is 0 Å². The van der Waals surface area contributed by atoms with Gasteiger partial charge in [-0.25, -0.2) is 4.79 Å². The van der Waals surface area contributed by atoms with E-state index in [2.05, 4.69) is 32.1 Å². The van der Waals surface area contributed by atoms with Crippen LogP contribution in [-0.2, 0) is 16.0 Å². The van der Waals surface area contributed by atoms with E-state index >= 15 is 0 Å². The molecule has 0 amide bonds. The van der Waals surface area contributed by atoms with Crippen molar-refractivity contribution in [2.75, 3.05) is 39.9 Å². The van der Waals surface area contributed by atoms with Crippen molar-refractivity contribution in [3.05, 3.63) is 41.5 Å². The van der Waals surface area contributed by atoms with Gasteiger partial charge in [0, 0.05) is 0 Å². The molecule has 0 N–H and O–H groups in total. The fourth-order valence-electron chi connectivity index (χ4n) is 5.17. The van der Waals surface area contributed by atoms with Gasteiger partial charge in [-0.05, 0) is 62.8 Å². The molecule has 0 spiro atoms. The number of carbonyl (C=O) groups excluding carboxylic acids is 1. The molecule has 1 heterocycles. The number of hydrogen-bond acceptors (Lipinski definition) is 3. The molecule has 0 aliphatic carbocycles. The maximum atomic E-state index is 12.7. The van der Waals surface area contributed by atoms with Gasteiger partial charge in [-0.2, -0.15) is 0 Å². The van der Waals surface area contributed by atoms with Gasteiger partial charge in [0.05, 0.1) is 33.4 Å². The van der Waals surface area contributed by atoms with Crippen LogP contribution in [0.3, 0.4) is 0 Å². The van der Waals surface area contributed by atoms with Crippen LogP contribution in [0.4, 0.5) is 0 Å². The molecule has 1 aliphatic heterocycles. The quantitative estimate of drug-likeness (QED) is 0.0925. The molecule has 4 heteroatoms. The minimum atomic E-state index is -0.0102. The second-order valence-corrected chi connectivity index (χ2v) is 10.7. The van der Waals surface area contributed by atoms with E-state index < -0.39 is 0 Å². The highest BCUT2D eigenvalue weighted by atomic mass is 16.5. The van der Waals surface area contributed by atoms with Gasteiger partial charge < -0.3 is 14.0 Å². The lowest BCUT2D eigenvalue weighted by atomic mass is 10.0. The van der Waals surface area contributed by atoms with Gasteiger partial charge in [0.2, 0.25) is 0 Å². The van der Waals surface area contributed by atoms with Gasteiger partial charge in [-0.1, -0.05) is 82.4 Å². The standard InChI is InChI=1S/C31H52NO3/c1-4-5-6-7-8-9-10-11-12-16-25-35-31(33)27-32(22-14-13-15-23-32)24-21-28(2)26-29-17-19-30(34-3)20-18-29/h17-21H,4-16,22-27H2,1-3H3/q+1/b28-21-. The monoisotopic (exact) mass is 486 g/mol. The Hall–Kier alpha value is -1.81. The van der Waals surface area contributed by atoms with Gasteiger partial charge in [-0.3, -0.25) is 0 Å². The lowest BCUT2D eigenvalue weighted by Gasteiger charge is -2.40. The smallest absolute Gasteiger partial charge is 0.361 e. The molecule has 198 valence electrons. The molecule has 1 fully saturated rings. The van der Waals surface area contributed by atoms with Gasteiger partial charge in [0.25, 0.3) is 0 Å². The molecular formula is C31H52NO3+. The van der Waals surface area contributed by atoms with E-state index in [0.29, 0.717) is 13.2 Å². The largest absolute Gasteiger partial charge is 0.497 e. The predicted octanol–water partition coefficient (Wildman–Crippen LogP) is 7.65. The van der Waals surface area contributed by atoms with Crippen LogP contribution in [0.25, 0.3) is 0 Å². The summed E-state index contributed by atoms with van der Waals surface area (Å²) in [4.78, 5) is 12.7. The molecule has 4 nitrogen and oxygen atoms in total. The average molecular weight is 487 g/mol. The summed E-state index contributed by atoms with van der Waals surface area (Å²) in [7, 11) is 1.70. The highest BCUT2D eigenvalue weighted by Gasteiger charge is 2.32. The molecular weight excluding hydrogens is 434 g/mol. The van der Waals surface area contributed by atoms with Gasteiger partial charge in [0.15, 0.2) is 6.54 Å². The normalized spacial score (nSPS) is 15.7. The zero-order chi connectivity index (χ0) is 25.2. The second-order valence-electron chi connectivity index (χ2n) is 10.7. The van der Waals surface area contributed by atoms with E-state index in [1.54, 1.807) is 7.11 Å². The molecule has 0 radical (unpaired) electrons. The third-order valence-corrected chi connectivity index (χ3v) is 7.46. The first-order chi connectivity index (χ1) is 17.1. The van der Waals surface area contributed by atoms with Crippen molar-refractivity contribution in [2.24, 2.45) is 0 Å². The van der Waals surface area contributed by atoms with Crippen LogP contribution >= 0.6 is 0 Å². The van der Waals surface area contributed by atoms with Gasteiger partial charge in [-0.15, -0.1) is 0 Å². The third kappa shape index (κ3) is 12.6. The topological polar surface area (TPSA) is 35.5 Å². The first kappa shape index (κ1) is 29.4. The average Bonchev–Trinajstić information content (AvgIpc) is 2.87. The van der Waals surface area contributed by atoms with E-state index in [4.69, 9.17) is 9.47 Å². The lowest BCUT2D eigenvalue weighted by molar-refractivity contribution is -0.920. The van der Waals surface area contributed by atoms with Crippen LogP contribution in [0.5, 0.6) is 5.75 Å². The summed E-state index contributed by atoms with van der Waals surface area (Å²) < 4.78 is 11.8. The Morgan fingerprint density at radius 3 is 2.09 bits per heavy atom. The van der Waals surface area contributed by atoms with E-state index in [1.165, 1.54) is 88.2 Å². The predicted molar refractivity (Wildman–Crippen MR) is 147 cm³/mol. The lowest BCUT2D eigenvalue weighted by Crippen LogP contribution is -2.54. The van der Waals surface area contributed by atoms with Crippen LogP contribution in [0.15, 0.2) is 35.9 Å². The van der Waals surface area contributed by atoms with E-state index in [1.807, 2.05) is 12.1 Å². The van der Waals surface area contributed by atoms with Crippen LogP contribution in [0.1, 0.15) is 103 Å². The summed E-state index contributed by atoms with van der Waals surface area (Å²) in [6.07, 6.45) is 20.0. The van der Waals surface area contributed by atoms with Crippen molar-refractivity contribution < 1.29 is 18.8 Å². The number of methoxy groups -OCH3 is 1. The summed E-state index contributed by atoms with van der Waals surface area (Å²) >= 11 is 0. The molecule has 1 aromatic rings. The number of rotatable bonds is 18. The van der Waals surface area contributed by atoms with E-state index in [-0.39, 0.29) is 5.97 Å². The number of quaternary nitrogens is 1. The number of unbranched alkanes of at least 4 members (excludes halogenated alkanes) is 9. The summed E-state index contributed by atoms with van der Waals surface area (Å²) in [6, 6.07) is 8.30. The van der Waals surface area contributed by atoms with Crippen LogP contribution in [0, 0.1) is 0 Å². The first-order valence-electron chi connectivity index (χ1n) is 14.4. The van der Waals surface area contributed by atoms with Gasteiger partial charge in [0.1, 0.15) is 5.75 Å². The summed E-state index contributed by atoms with van der Waals surface area (Å²) in [6.45, 7) is 8.67. The van der Waals surface area contributed by atoms with E-state index in [9.17, 15) is 4.79 Å². The molecule has 35 heavy (non-hydrogen) atoms. The maximum Gasteiger partial charge on any atom is 0.361 e. The number of esters is 1. The molecule has 2 rings (SSSR count). The second kappa shape index (κ2) is 17.6.